The smallest absolute Gasteiger partial charge is 0.311 e. The van der Waals surface area contributed by atoms with Gasteiger partial charge in [0, 0.05) is 26.5 Å². The number of anilines is 2. The molecule has 3 N–H and O–H groups in total. The molecule has 9 nitrogen and oxygen atoms in total. The van der Waals surface area contributed by atoms with E-state index in [2.05, 4.69) is 20.9 Å². The molecule has 1 heterocycles. The van der Waals surface area contributed by atoms with Crippen LogP contribution in [0, 0.1) is 0 Å². The number of hydrogen-bond acceptors (Lipinski definition) is 8. The number of halogens is 1. The van der Waals surface area contributed by atoms with E-state index in [1.165, 1.54) is 23.1 Å². The van der Waals surface area contributed by atoms with Crippen molar-refractivity contribution < 1.29 is 23.9 Å². The van der Waals surface area contributed by atoms with Crippen LogP contribution < -0.4 is 16.0 Å². The van der Waals surface area contributed by atoms with Gasteiger partial charge in [0.05, 0.1) is 18.7 Å². The van der Waals surface area contributed by atoms with Gasteiger partial charge in [0.15, 0.2) is 5.13 Å². The average Bonchev–Trinajstić information content (AvgIpc) is 3.55. The summed E-state index contributed by atoms with van der Waals surface area (Å²) in [7, 11) is 0. The molecule has 12 heteroatoms. The number of carbonyl (C=O) groups excluding carboxylic acids is 4. The van der Waals surface area contributed by atoms with Crippen LogP contribution in [0.4, 0.5) is 10.8 Å². The Kier molecular flexibility index (Phi) is 12.4. The molecule has 0 bridgehead atoms. The Labute approximate surface area is 296 Å². The van der Waals surface area contributed by atoms with Crippen molar-refractivity contribution >= 4 is 75.3 Å². The second kappa shape index (κ2) is 17.3. The van der Waals surface area contributed by atoms with Gasteiger partial charge in [0.25, 0.3) is 11.8 Å². The van der Waals surface area contributed by atoms with Crippen molar-refractivity contribution in [3.63, 3.8) is 0 Å². The van der Waals surface area contributed by atoms with Gasteiger partial charge < -0.3 is 20.7 Å². The fourth-order valence-electron chi connectivity index (χ4n) is 4.50. The van der Waals surface area contributed by atoms with Crippen LogP contribution in [0.25, 0.3) is 6.08 Å². The predicted molar refractivity (Wildman–Crippen MR) is 195 cm³/mol. The van der Waals surface area contributed by atoms with Gasteiger partial charge >= 0.3 is 5.97 Å². The maximum Gasteiger partial charge on any atom is 0.311 e. The molecule has 5 aromatic rings. The minimum Gasteiger partial charge on any atom is -0.466 e. The Bertz CT molecular complexity index is 1930. The van der Waals surface area contributed by atoms with Gasteiger partial charge in [-0.05, 0) is 72.7 Å². The number of esters is 1. The summed E-state index contributed by atoms with van der Waals surface area (Å²) in [6, 6.07) is 31.9. The van der Waals surface area contributed by atoms with E-state index in [4.69, 9.17) is 16.3 Å². The second-order valence-corrected chi connectivity index (χ2v) is 12.9. The molecule has 0 aliphatic carbocycles. The van der Waals surface area contributed by atoms with Crippen LogP contribution in [-0.2, 0) is 25.5 Å². The SMILES string of the molecule is CCOC(=O)Cc1csc(NC(=O)C(Sc2ccc(NC(=O)/C(=C/c3ccc(Cl)cc3)NC(=O)c3ccccc3)cc2)c2ccccc2)n1. The van der Waals surface area contributed by atoms with Gasteiger partial charge in [-0.3, -0.25) is 19.2 Å². The Balaban J connectivity index is 1.29. The zero-order chi connectivity index (χ0) is 34.6. The van der Waals surface area contributed by atoms with Gasteiger partial charge in [-0.15, -0.1) is 23.1 Å². The van der Waals surface area contributed by atoms with Gasteiger partial charge in [-0.2, -0.15) is 0 Å². The van der Waals surface area contributed by atoms with Gasteiger partial charge in [-0.25, -0.2) is 4.98 Å². The number of amides is 3. The third-order valence-corrected chi connectivity index (χ3v) is 9.15. The molecule has 0 fully saturated rings. The van der Waals surface area contributed by atoms with Crippen molar-refractivity contribution in [2.45, 2.75) is 23.5 Å². The molecule has 5 rings (SSSR count). The summed E-state index contributed by atoms with van der Waals surface area (Å²) < 4.78 is 4.99. The monoisotopic (exact) mass is 710 g/mol. The van der Waals surface area contributed by atoms with Crippen molar-refractivity contribution in [3.05, 3.63) is 148 Å². The molecule has 1 atom stereocenters. The van der Waals surface area contributed by atoms with Crippen molar-refractivity contribution in [1.82, 2.24) is 10.3 Å². The summed E-state index contributed by atoms with van der Waals surface area (Å²) in [6.45, 7) is 2.02. The highest BCUT2D eigenvalue weighted by atomic mass is 35.5. The number of nitrogens with zero attached hydrogens (tertiary/aromatic N) is 1. The summed E-state index contributed by atoms with van der Waals surface area (Å²) in [4.78, 5) is 56.9. The molecule has 0 radical (unpaired) electrons. The molecule has 0 aliphatic rings. The quantitative estimate of drug-likeness (QED) is 0.0647. The van der Waals surface area contributed by atoms with Gasteiger partial charge in [0.2, 0.25) is 5.91 Å². The molecule has 1 aromatic heterocycles. The number of thiazole rings is 1. The standard InChI is InChI=1S/C37H31ClN4O5S2/c1-2-47-32(43)22-29-23-48-37(40-29)42-36(46)33(25-9-5-3-6-10-25)49-30-19-17-28(18-20-30)39-35(45)31(21-24-13-15-27(38)16-14-24)41-34(44)26-11-7-4-8-12-26/h3-21,23,33H,2,22H2,1H3,(H,39,45)(H,41,44)(H,40,42,46)/b31-21-. The third-order valence-electron chi connectivity index (χ3n) is 6.83. The maximum absolute atomic E-state index is 13.5. The maximum atomic E-state index is 13.5. The van der Waals surface area contributed by atoms with Crippen LogP contribution in [0.3, 0.4) is 0 Å². The Morgan fingerprint density at radius 3 is 2.22 bits per heavy atom. The molecular formula is C37H31ClN4O5S2. The Morgan fingerprint density at radius 2 is 1.55 bits per heavy atom. The van der Waals surface area contributed by atoms with Crippen LogP contribution in [0.5, 0.6) is 0 Å². The fraction of sp³-hybridized carbons (Fsp3) is 0.108. The van der Waals surface area contributed by atoms with E-state index < -0.39 is 17.1 Å². The van der Waals surface area contributed by atoms with Crippen LogP contribution in [0.1, 0.15) is 39.4 Å². The van der Waals surface area contributed by atoms with Crippen molar-refractivity contribution in [2.24, 2.45) is 0 Å². The Morgan fingerprint density at radius 1 is 0.878 bits per heavy atom. The van der Waals surface area contributed by atoms with Crippen molar-refractivity contribution in [2.75, 3.05) is 17.2 Å². The van der Waals surface area contributed by atoms with E-state index >= 15 is 0 Å². The minimum atomic E-state index is -0.624. The predicted octanol–water partition coefficient (Wildman–Crippen LogP) is 7.78. The van der Waals surface area contributed by atoms with Crippen molar-refractivity contribution in [1.29, 1.82) is 0 Å². The fourth-order valence-corrected chi connectivity index (χ4v) is 6.36. The first-order valence-electron chi connectivity index (χ1n) is 15.1. The number of carbonyl (C=O) groups is 4. The zero-order valence-corrected chi connectivity index (χ0v) is 28.6. The number of thioether (sulfide) groups is 1. The third kappa shape index (κ3) is 10.4. The summed E-state index contributed by atoms with van der Waals surface area (Å²) in [5, 5.41) is 10.5. The highest BCUT2D eigenvalue weighted by Gasteiger charge is 2.24. The average molecular weight is 711 g/mol. The number of ether oxygens (including phenoxy) is 1. The largest absolute Gasteiger partial charge is 0.466 e. The molecule has 3 amide bonds. The van der Waals surface area contributed by atoms with E-state index in [0.717, 1.165) is 10.5 Å². The van der Waals surface area contributed by atoms with Crippen LogP contribution in [0.15, 0.2) is 125 Å². The lowest BCUT2D eigenvalue weighted by molar-refractivity contribution is -0.142. The topological polar surface area (TPSA) is 126 Å². The molecule has 0 spiro atoms. The van der Waals surface area contributed by atoms with Crippen LogP contribution in [0.2, 0.25) is 5.02 Å². The van der Waals surface area contributed by atoms with Crippen LogP contribution in [-0.4, -0.2) is 35.3 Å². The Hall–Kier alpha value is -5.23. The molecule has 248 valence electrons. The molecule has 0 saturated heterocycles. The number of nitrogens with one attached hydrogen (secondary N) is 3. The van der Waals surface area contributed by atoms with E-state index in [1.54, 1.807) is 97.2 Å². The lowest BCUT2D eigenvalue weighted by Gasteiger charge is -2.17. The van der Waals surface area contributed by atoms with E-state index in [0.29, 0.717) is 32.7 Å². The lowest BCUT2D eigenvalue weighted by atomic mass is 10.1. The van der Waals surface area contributed by atoms with Gasteiger partial charge in [-0.1, -0.05) is 72.3 Å². The number of benzene rings is 4. The summed E-state index contributed by atoms with van der Waals surface area (Å²) in [5.74, 6) is -1.61. The van der Waals surface area contributed by atoms with E-state index in [9.17, 15) is 19.2 Å². The molecule has 1 unspecified atom stereocenters. The molecular weight excluding hydrogens is 680 g/mol. The lowest BCUT2D eigenvalue weighted by Crippen LogP contribution is -2.30. The molecule has 0 saturated carbocycles. The van der Waals surface area contributed by atoms with Crippen molar-refractivity contribution in [3.8, 4) is 0 Å². The number of aromatic nitrogens is 1. The molecule has 4 aromatic carbocycles. The molecule has 49 heavy (non-hydrogen) atoms. The highest BCUT2D eigenvalue weighted by Crippen LogP contribution is 2.37. The van der Waals surface area contributed by atoms with Gasteiger partial charge in [0.1, 0.15) is 10.9 Å². The van der Waals surface area contributed by atoms with Crippen LogP contribution >= 0.6 is 34.7 Å². The normalized spacial score (nSPS) is 11.7. The number of hydrogen-bond donors (Lipinski definition) is 3. The first-order valence-corrected chi connectivity index (χ1v) is 17.3. The number of rotatable bonds is 13. The first kappa shape index (κ1) is 35.1. The summed E-state index contributed by atoms with van der Waals surface area (Å²) in [6.07, 6.45) is 1.60. The summed E-state index contributed by atoms with van der Waals surface area (Å²) in [5.41, 5.74) is 2.92. The zero-order valence-electron chi connectivity index (χ0n) is 26.2. The first-order chi connectivity index (χ1) is 23.8. The highest BCUT2D eigenvalue weighted by molar-refractivity contribution is 8.00. The molecule has 0 aliphatic heterocycles. The van der Waals surface area contributed by atoms with E-state index in [-0.39, 0.29) is 30.6 Å². The van der Waals surface area contributed by atoms with E-state index in [1.807, 2.05) is 30.3 Å². The minimum absolute atomic E-state index is 0.0256. The summed E-state index contributed by atoms with van der Waals surface area (Å²) >= 11 is 8.60. The second-order valence-electron chi connectivity index (χ2n) is 10.4.